The molecule has 0 aliphatic heterocycles. The van der Waals surface area contributed by atoms with Crippen molar-refractivity contribution in [2.75, 3.05) is 5.32 Å². The summed E-state index contributed by atoms with van der Waals surface area (Å²) in [5, 5.41) is 6.95. The minimum absolute atomic E-state index is 0.0675. The Labute approximate surface area is 153 Å². The van der Waals surface area contributed by atoms with Crippen molar-refractivity contribution in [1.82, 2.24) is 9.55 Å². The molecule has 120 valence electrons. The van der Waals surface area contributed by atoms with Gasteiger partial charge in [-0.1, -0.05) is 28.1 Å². The average Bonchev–Trinajstić information content (AvgIpc) is 3.22. The number of hydrogen-bond acceptors (Lipinski definition) is 3. The van der Waals surface area contributed by atoms with Crippen LogP contribution in [0.15, 0.2) is 70.8 Å². The van der Waals surface area contributed by atoms with Crippen LogP contribution >= 0.6 is 27.3 Å². The van der Waals surface area contributed by atoms with Crippen molar-refractivity contribution < 1.29 is 0 Å². The first-order valence-corrected chi connectivity index (χ1v) is 9.35. The zero-order chi connectivity index (χ0) is 16.5. The number of thiophene rings is 1. The largest absolute Gasteiger partial charge is 0.358 e. The molecule has 0 spiro atoms. The fourth-order valence-corrected chi connectivity index (χ4v) is 4.13. The fraction of sp³-hybridized carbons (Fsp3) is 0.105. The van der Waals surface area contributed by atoms with E-state index in [1.165, 1.54) is 21.3 Å². The van der Waals surface area contributed by atoms with E-state index in [4.69, 9.17) is 0 Å². The van der Waals surface area contributed by atoms with Crippen molar-refractivity contribution in [2.45, 2.75) is 6.04 Å². The minimum atomic E-state index is 0.0675. The summed E-state index contributed by atoms with van der Waals surface area (Å²) in [6, 6.07) is 16.7. The number of aromatic nitrogens is 2. The summed E-state index contributed by atoms with van der Waals surface area (Å²) in [4.78, 5) is 5.71. The fourth-order valence-electron chi connectivity index (χ4n) is 2.98. The van der Waals surface area contributed by atoms with Crippen molar-refractivity contribution in [3.63, 3.8) is 0 Å². The summed E-state index contributed by atoms with van der Waals surface area (Å²) in [7, 11) is 2.09. The molecule has 0 bridgehead atoms. The number of rotatable bonds is 4. The third-order valence-corrected chi connectivity index (χ3v) is 5.51. The van der Waals surface area contributed by atoms with E-state index in [0.29, 0.717) is 0 Å². The predicted molar refractivity (Wildman–Crippen MR) is 105 cm³/mol. The lowest BCUT2D eigenvalue weighted by atomic mass is 10.0. The second-order valence-corrected chi connectivity index (χ2v) is 7.56. The van der Waals surface area contributed by atoms with Crippen molar-refractivity contribution in [2.24, 2.45) is 7.05 Å². The summed E-state index contributed by atoms with van der Waals surface area (Å²) in [6.45, 7) is 0. The number of benzene rings is 1. The molecule has 1 unspecified atom stereocenters. The van der Waals surface area contributed by atoms with E-state index >= 15 is 0 Å². The number of aryl methyl sites for hydroxylation is 1. The second kappa shape index (κ2) is 6.42. The van der Waals surface area contributed by atoms with Crippen LogP contribution < -0.4 is 5.32 Å². The Hall–Kier alpha value is -2.11. The van der Waals surface area contributed by atoms with E-state index < -0.39 is 0 Å². The van der Waals surface area contributed by atoms with Gasteiger partial charge in [-0.3, -0.25) is 0 Å². The number of nitrogens with one attached hydrogen (secondary N) is 1. The first kappa shape index (κ1) is 15.4. The minimum Gasteiger partial charge on any atom is -0.358 e. The molecule has 0 aliphatic rings. The molecule has 4 rings (SSSR count). The summed E-state index contributed by atoms with van der Waals surface area (Å²) >= 11 is 5.36. The van der Waals surface area contributed by atoms with Gasteiger partial charge in [0.15, 0.2) is 0 Å². The van der Waals surface area contributed by atoms with Gasteiger partial charge in [0.1, 0.15) is 5.82 Å². The molecule has 3 nitrogen and oxygen atoms in total. The van der Waals surface area contributed by atoms with Crippen LogP contribution in [0.25, 0.3) is 10.9 Å². The van der Waals surface area contributed by atoms with Gasteiger partial charge < -0.3 is 9.88 Å². The molecule has 24 heavy (non-hydrogen) atoms. The third kappa shape index (κ3) is 2.85. The van der Waals surface area contributed by atoms with Gasteiger partial charge in [-0.15, -0.1) is 11.3 Å². The molecule has 1 atom stereocenters. The first-order chi connectivity index (χ1) is 11.7. The standard InChI is InChI=1S/C19H16BrN3S/c1-23-12-15(14-11-13(20)7-8-16(14)23)19(17-5-4-10-24-17)22-18-6-2-3-9-21-18/h2-12,19H,1H3,(H,21,22). The summed E-state index contributed by atoms with van der Waals surface area (Å²) in [6.07, 6.45) is 4.02. The predicted octanol–water partition coefficient (Wildman–Crippen LogP) is 5.60. The van der Waals surface area contributed by atoms with Crippen LogP contribution in [-0.4, -0.2) is 9.55 Å². The summed E-state index contributed by atoms with van der Waals surface area (Å²) in [5.41, 5.74) is 2.47. The maximum absolute atomic E-state index is 4.44. The molecule has 0 amide bonds. The average molecular weight is 398 g/mol. The van der Waals surface area contributed by atoms with Crippen LogP contribution in [0.3, 0.4) is 0 Å². The summed E-state index contributed by atoms with van der Waals surface area (Å²) in [5.74, 6) is 0.878. The Balaban J connectivity index is 1.86. The van der Waals surface area contributed by atoms with Crippen LogP contribution in [0.5, 0.6) is 0 Å². The normalized spacial score (nSPS) is 12.4. The van der Waals surface area contributed by atoms with E-state index in [0.717, 1.165) is 10.3 Å². The smallest absolute Gasteiger partial charge is 0.126 e. The molecule has 0 fully saturated rings. The molecule has 1 aromatic carbocycles. The monoisotopic (exact) mass is 397 g/mol. The number of pyridine rings is 1. The molecule has 4 aromatic rings. The SMILES string of the molecule is Cn1cc(C(Nc2ccccn2)c2cccs2)c2cc(Br)ccc21. The first-order valence-electron chi connectivity index (χ1n) is 7.68. The van der Waals surface area contributed by atoms with Gasteiger partial charge in [0.2, 0.25) is 0 Å². The van der Waals surface area contributed by atoms with Gasteiger partial charge in [0, 0.05) is 45.3 Å². The summed E-state index contributed by atoms with van der Waals surface area (Å²) < 4.78 is 3.27. The van der Waals surface area contributed by atoms with Gasteiger partial charge in [0.25, 0.3) is 0 Å². The molecule has 1 N–H and O–H groups in total. The number of fused-ring (bicyclic) bond motifs is 1. The molecule has 5 heteroatoms. The molecule has 0 radical (unpaired) electrons. The van der Waals surface area contributed by atoms with Gasteiger partial charge in [-0.25, -0.2) is 4.98 Å². The van der Waals surface area contributed by atoms with E-state index in [1.54, 1.807) is 11.3 Å². The highest BCUT2D eigenvalue weighted by Gasteiger charge is 2.20. The van der Waals surface area contributed by atoms with Crippen LogP contribution in [0.2, 0.25) is 0 Å². The maximum Gasteiger partial charge on any atom is 0.126 e. The highest BCUT2D eigenvalue weighted by atomic mass is 79.9. The molecule has 0 aliphatic carbocycles. The Morgan fingerprint density at radius 2 is 2.08 bits per heavy atom. The molecule has 0 saturated carbocycles. The van der Waals surface area contributed by atoms with Gasteiger partial charge in [-0.05, 0) is 41.8 Å². The highest BCUT2D eigenvalue weighted by molar-refractivity contribution is 9.10. The van der Waals surface area contributed by atoms with Crippen LogP contribution in [-0.2, 0) is 7.05 Å². The van der Waals surface area contributed by atoms with E-state index in [1.807, 2.05) is 24.4 Å². The maximum atomic E-state index is 4.44. The lowest BCUT2D eigenvalue weighted by molar-refractivity contribution is 0.915. The van der Waals surface area contributed by atoms with Crippen molar-refractivity contribution in [1.29, 1.82) is 0 Å². The molecular formula is C19H16BrN3S. The number of hydrogen-bond donors (Lipinski definition) is 1. The van der Waals surface area contributed by atoms with Crippen LogP contribution in [0, 0.1) is 0 Å². The van der Waals surface area contributed by atoms with E-state index in [9.17, 15) is 0 Å². The quantitative estimate of drug-likeness (QED) is 0.485. The highest BCUT2D eigenvalue weighted by Crippen LogP contribution is 2.35. The number of nitrogens with zero attached hydrogens (tertiary/aromatic N) is 2. The van der Waals surface area contributed by atoms with Crippen LogP contribution in [0.4, 0.5) is 5.82 Å². The third-order valence-electron chi connectivity index (χ3n) is 4.08. The second-order valence-electron chi connectivity index (χ2n) is 5.66. The van der Waals surface area contributed by atoms with Gasteiger partial charge >= 0.3 is 0 Å². The molecule has 0 saturated heterocycles. The number of anilines is 1. The topological polar surface area (TPSA) is 29.9 Å². The molecular weight excluding hydrogens is 382 g/mol. The Morgan fingerprint density at radius 3 is 2.83 bits per heavy atom. The molecule has 3 heterocycles. The van der Waals surface area contributed by atoms with Crippen LogP contribution in [0.1, 0.15) is 16.5 Å². The van der Waals surface area contributed by atoms with E-state index in [-0.39, 0.29) is 6.04 Å². The van der Waals surface area contributed by atoms with Gasteiger partial charge in [-0.2, -0.15) is 0 Å². The zero-order valence-electron chi connectivity index (χ0n) is 13.1. The van der Waals surface area contributed by atoms with E-state index in [2.05, 4.69) is 79.8 Å². The lowest BCUT2D eigenvalue weighted by Crippen LogP contribution is -2.11. The Kier molecular flexibility index (Phi) is 4.12. The number of halogens is 1. The van der Waals surface area contributed by atoms with Crippen molar-refractivity contribution in [3.8, 4) is 0 Å². The Bertz CT molecular complexity index is 961. The lowest BCUT2D eigenvalue weighted by Gasteiger charge is -2.18. The van der Waals surface area contributed by atoms with Crippen molar-refractivity contribution >= 4 is 44.0 Å². The van der Waals surface area contributed by atoms with Crippen molar-refractivity contribution in [3.05, 3.63) is 81.2 Å². The Morgan fingerprint density at radius 1 is 1.17 bits per heavy atom. The molecule has 3 aromatic heterocycles. The zero-order valence-corrected chi connectivity index (χ0v) is 15.5. The van der Waals surface area contributed by atoms with Gasteiger partial charge in [0.05, 0.1) is 6.04 Å².